The highest BCUT2D eigenvalue weighted by molar-refractivity contribution is 6.30. The molecule has 2 aliphatic rings. The van der Waals surface area contributed by atoms with Gasteiger partial charge in [0.1, 0.15) is 6.10 Å². The van der Waals surface area contributed by atoms with Crippen LogP contribution in [0.5, 0.6) is 0 Å². The summed E-state index contributed by atoms with van der Waals surface area (Å²) in [4.78, 5) is 13.7. The zero-order valence-corrected chi connectivity index (χ0v) is 12.1. The first-order valence-corrected chi connectivity index (χ1v) is 7.51. The summed E-state index contributed by atoms with van der Waals surface area (Å²) in [5, 5.41) is 4.07. The van der Waals surface area contributed by atoms with Crippen molar-refractivity contribution in [2.45, 2.75) is 25.5 Å². The number of hydrogen-bond acceptors (Lipinski definition) is 3. The van der Waals surface area contributed by atoms with E-state index in [-0.39, 0.29) is 12.2 Å². The van der Waals surface area contributed by atoms with Gasteiger partial charge in [0.2, 0.25) is 0 Å². The van der Waals surface area contributed by atoms with E-state index in [4.69, 9.17) is 16.3 Å². The van der Waals surface area contributed by atoms with Crippen molar-refractivity contribution in [3.63, 3.8) is 0 Å². The molecule has 2 atom stereocenters. The van der Waals surface area contributed by atoms with Gasteiger partial charge in [-0.1, -0.05) is 23.7 Å². The van der Waals surface area contributed by atoms with E-state index in [1.165, 1.54) is 0 Å². The molecule has 1 aromatic carbocycles. The van der Waals surface area contributed by atoms with Crippen LogP contribution < -0.4 is 5.32 Å². The van der Waals surface area contributed by atoms with Gasteiger partial charge >= 0.3 is 6.09 Å². The van der Waals surface area contributed by atoms with Gasteiger partial charge in [0, 0.05) is 24.0 Å². The molecule has 20 heavy (non-hydrogen) atoms. The summed E-state index contributed by atoms with van der Waals surface area (Å²) in [6.07, 6.45) is 2.11. The number of halogens is 1. The number of ether oxygens (including phenoxy) is 1. The first-order valence-electron chi connectivity index (χ1n) is 7.13. The summed E-state index contributed by atoms with van der Waals surface area (Å²) >= 11 is 5.97. The smallest absolute Gasteiger partial charge is 0.410 e. The summed E-state index contributed by atoms with van der Waals surface area (Å²) < 4.78 is 5.53. The zero-order chi connectivity index (χ0) is 13.9. The average Bonchev–Trinajstić information content (AvgIpc) is 2.81. The van der Waals surface area contributed by atoms with Crippen molar-refractivity contribution in [2.75, 3.05) is 19.6 Å². The minimum Gasteiger partial charge on any atom is -0.444 e. The lowest BCUT2D eigenvalue weighted by atomic mass is 9.94. The zero-order valence-electron chi connectivity index (χ0n) is 11.3. The van der Waals surface area contributed by atoms with Gasteiger partial charge in [-0.05, 0) is 37.1 Å². The summed E-state index contributed by atoms with van der Waals surface area (Å²) in [5.41, 5.74) is 1.04. The SMILES string of the molecule is O=C1OC(C2CCCNC2)CN1Cc1cccc(Cl)c1. The van der Waals surface area contributed by atoms with Crippen molar-refractivity contribution in [3.8, 4) is 0 Å². The molecule has 0 bridgehead atoms. The first-order chi connectivity index (χ1) is 9.72. The second-order valence-electron chi connectivity index (χ2n) is 5.54. The van der Waals surface area contributed by atoms with Crippen molar-refractivity contribution in [1.82, 2.24) is 10.2 Å². The second kappa shape index (κ2) is 6.02. The highest BCUT2D eigenvalue weighted by Gasteiger charge is 2.36. The Bertz CT molecular complexity index is 489. The average molecular weight is 295 g/mol. The third-order valence-electron chi connectivity index (χ3n) is 4.03. The standard InChI is InChI=1S/C15H19ClN2O2/c16-13-5-1-3-11(7-13)9-18-10-14(20-15(18)19)12-4-2-6-17-8-12/h1,3,5,7,12,14,17H,2,4,6,8-10H2. The maximum Gasteiger partial charge on any atom is 0.410 e. The minimum absolute atomic E-state index is 0.0227. The van der Waals surface area contributed by atoms with Crippen LogP contribution in [0.3, 0.4) is 0 Å². The molecule has 5 heteroatoms. The maximum absolute atomic E-state index is 12.0. The lowest BCUT2D eigenvalue weighted by molar-refractivity contribution is 0.0926. The van der Waals surface area contributed by atoms with Crippen LogP contribution in [0.2, 0.25) is 5.02 Å². The van der Waals surface area contributed by atoms with Crippen LogP contribution in [0.4, 0.5) is 4.79 Å². The van der Waals surface area contributed by atoms with E-state index in [2.05, 4.69) is 5.32 Å². The number of nitrogens with zero attached hydrogens (tertiary/aromatic N) is 1. The summed E-state index contributed by atoms with van der Waals surface area (Å²) in [6.45, 7) is 3.26. The van der Waals surface area contributed by atoms with Gasteiger partial charge < -0.3 is 15.0 Å². The molecule has 1 aromatic rings. The Balaban J connectivity index is 1.62. The lowest BCUT2D eigenvalue weighted by Crippen LogP contribution is -2.38. The van der Waals surface area contributed by atoms with Crippen LogP contribution in [-0.2, 0) is 11.3 Å². The summed E-state index contributed by atoms with van der Waals surface area (Å²) in [5.74, 6) is 0.442. The third kappa shape index (κ3) is 3.07. The Kier molecular flexibility index (Phi) is 4.13. The molecular weight excluding hydrogens is 276 g/mol. The molecule has 108 valence electrons. The molecule has 4 nitrogen and oxygen atoms in total. The van der Waals surface area contributed by atoms with E-state index < -0.39 is 0 Å². The monoisotopic (exact) mass is 294 g/mol. The molecule has 0 spiro atoms. The Hall–Kier alpha value is -1.26. The van der Waals surface area contributed by atoms with E-state index in [9.17, 15) is 4.79 Å². The Morgan fingerprint density at radius 1 is 1.45 bits per heavy atom. The number of piperidine rings is 1. The lowest BCUT2D eigenvalue weighted by Gasteiger charge is -2.26. The van der Waals surface area contributed by atoms with Gasteiger partial charge in [-0.3, -0.25) is 0 Å². The van der Waals surface area contributed by atoms with Crippen LogP contribution in [0.1, 0.15) is 18.4 Å². The fourth-order valence-corrected chi connectivity index (χ4v) is 3.17. The van der Waals surface area contributed by atoms with Gasteiger partial charge in [0.25, 0.3) is 0 Å². The van der Waals surface area contributed by atoms with Crippen molar-refractivity contribution in [2.24, 2.45) is 5.92 Å². The van der Waals surface area contributed by atoms with Crippen molar-refractivity contribution < 1.29 is 9.53 Å². The molecule has 1 N–H and O–H groups in total. The molecule has 2 fully saturated rings. The molecule has 0 radical (unpaired) electrons. The van der Waals surface area contributed by atoms with Gasteiger partial charge in [-0.15, -0.1) is 0 Å². The first kappa shape index (κ1) is 13.7. The van der Waals surface area contributed by atoms with Gasteiger partial charge in [-0.25, -0.2) is 4.79 Å². The van der Waals surface area contributed by atoms with Crippen LogP contribution in [-0.4, -0.2) is 36.7 Å². The highest BCUT2D eigenvalue weighted by Crippen LogP contribution is 2.25. The molecule has 3 rings (SSSR count). The summed E-state index contributed by atoms with van der Waals surface area (Å²) in [6, 6.07) is 7.62. The maximum atomic E-state index is 12.0. The van der Waals surface area contributed by atoms with E-state index >= 15 is 0 Å². The Labute approximate surface area is 124 Å². The molecular formula is C15H19ClN2O2. The number of rotatable bonds is 3. The van der Waals surface area contributed by atoms with Crippen LogP contribution in [0.25, 0.3) is 0 Å². The second-order valence-corrected chi connectivity index (χ2v) is 5.98. The van der Waals surface area contributed by atoms with Crippen LogP contribution >= 0.6 is 11.6 Å². The molecule has 1 amide bonds. The third-order valence-corrected chi connectivity index (χ3v) is 4.27. The number of cyclic esters (lactones) is 1. The number of carbonyl (C=O) groups excluding carboxylic acids is 1. The van der Waals surface area contributed by atoms with Crippen molar-refractivity contribution in [1.29, 1.82) is 0 Å². The number of benzene rings is 1. The molecule has 0 aromatic heterocycles. The predicted molar refractivity (Wildman–Crippen MR) is 77.7 cm³/mol. The number of hydrogen-bond donors (Lipinski definition) is 1. The predicted octanol–water partition coefficient (Wildman–Crippen LogP) is 2.66. The molecule has 2 unspecified atom stereocenters. The van der Waals surface area contributed by atoms with E-state index in [0.717, 1.165) is 31.5 Å². The fraction of sp³-hybridized carbons (Fsp3) is 0.533. The van der Waals surface area contributed by atoms with E-state index in [0.29, 0.717) is 24.0 Å². The molecule has 2 heterocycles. The largest absolute Gasteiger partial charge is 0.444 e. The minimum atomic E-state index is -0.208. The van der Waals surface area contributed by atoms with Gasteiger partial charge in [-0.2, -0.15) is 0 Å². The normalized spacial score (nSPS) is 26.6. The van der Waals surface area contributed by atoms with Crippen LogP contribution in [0.15, 0.2) is 24.3 Å². The van der Waals surface area contributed by atoms with Crippen molar-refractivity contribution >= 4 is 17.7 Å². The Morgan fingerprint density at radius 3 is 3.10 bits per heavy atom. The van der Waals surface area contributed by atoms with E-state index in [1.54, 1.807) is 4.90 Å². The molecule has 0 aliphatic carbocycles. The topological polar surface area (TPSA) is 41.6 Å². The summed E-state index contributed by atoms with van der Waals surface area (Å²) in [7, 11) is 0. The van der Waals surface area contributed by atoms with Crippen LogP contribution in [0, 0.1) is 5.92 Å². The molecule has 2 saturated heterocycles. The molecule has 0 saturated carbocycles. The highest BCUT2D eigenvalue weighted by atomic mass is 35.5. The van der Waals surface area contributed by atoms with E-state index in [1.807, 2.05) is 24.3 Å². The number of carbonyl (C=O) groups is 1. The number of nitrogens with one attached hydrogen (secondary N) is 1. The molecule has 2 aliphatic heterocycles. The van der Waals surface area contributed by atoms with Gasteiger partial charge in [0.15, 0.2) is 0 Å². The quantitative estimate of drug-likeness (QED) is 0.932. The van der Waals surface area contributed by atoms with Crippen molar-refractivity contribution in [3.05, 3.63) is 34.9 Å². The Morgan fingerprint density at radius 2 is 2.35 bits per heavy atom. The number of amides is 1. The fourth-order valence-electron chi connectivity index (χ4n) is 2.96. The van der Waals surface area contributed by atoms with Gasteiger partial charge in [0.05, 0.1) is 6.54 Å².